The van der Waals surface area contributed by atoms with Crippen LogP contribution in [0.4, 0.5) is 0 Å². The maximum Gasteiger partial charge on any atom is 0.342 e. The molecule has 1 rings (SSSR count). The van der Waals surface area contributed by atoms with Crippen LogP contribution in [-0.2, 0) is 4.79 Å². The molecule has 1 aromatic rings. The first-order valence-corrected chi connectivity index (χ1v) is 4.74. The Morgan fingerprint density at radius 1 is 1.43 bits per heavy atom. The molecule has 0 heterocycles. The molecule has 14 heavy (non-hydrogen) atoms. The number of carbonyl (C=O) groups is 1. The SMILES string of the molecule is C/C(=C(/S)C(=O)O)c1ccccc1Cl. The van der Waals surface area contributed by atoms with Gasteiger partial charge in [0, 0.05) is 5.02 Å². The van der Waals surface area contributed by atoms with E-state index in [0.717, 1.165) is 0 Å². The minimum absolute atomic E-state index is 0.0121. The van der Waals surface area contributed by atoms with Gasteiger partial charge in [-0.15, -0.1) is 12.6 Å². The zero-order valence-corrected chi connectivity index (χ0v) is 9.14. The first-order valence-electron chi connectivity index (χ1n) is 3.92. The third-order valence-corrected chi connectivity index (χ3v) is 2.69. The van der Waals surface area contributed by atoms with Crippen molar-refractivity contribution >= 4 is 35.8 Å². The van der Waals surface area contributed by atoms with Gasteiger partial charge in [-0.1, -0.05) is 29.8 Å². The van der Waals surface area contributed by atoms with Crippen molar-refractivity contribution in [2.45, 2.75) is 6.92 Å². The van der Waals surface area contributed by atoms with Crippen LogP contribution < -0.4 is 0 Å². The molecule has 1 aromatic carbocycles. The van der Waals surface area contributed by atoms with Gasteiger partial charge in [-0.05, 0) is 24.1 Å². The van der Waals surface area contributed by atoms with Crippen molar-refractivity contribution in [3.8, 4) is 0 Å². The van der Waals surface area contributed by atoms with Crippen LogP contribution in [0.25, 0.3) is 5.57 Å². The average molecular weight is 229 g/mol. The predicted octanol–water partition coefficient (Wildman–Crippen LogP) is 3.09. The standard InChI is InChI=1S/C10H9ClO2S/c1-6(9(14)10(12)13)7-4-2-3-5-8(7)11/h2-5,14H,1H3,(H,12,13)/b9-6-. The maximum absolute atomic E-state index is 10.6. The molecule has 4 heteroatoms. The van der Waals surface area contributed by atoms with Crippen molar-refractivity contribution in [2.75, 3.05) is 0 Å². The van der Waals surface area contributed by atoms with E-state index in [4.69, 9.17) is 16.7 Å². The topological polar surface area (TPSA) is 37.3 Å². The molecule has 0 fully saturated rings. The van der Waals surface area contributed by atoms with Gasteiger partial charge in [0.25, 0.3) is 0 Å². The van der Waals surface area contributed by atoms with E-state index in [0.29, 0.717) is 16.2 Å². The van der Waals surface area contributed by atoms with Crippen molar-refractivity contribution in [2.24, 2.45) is 0 Å². The molecule has 0 aliphatic heterocycles. The van der Waals surface area contributed by atoms with Gasteiger partial charge in [-0.25, -0.2) is 4.79 Å². The number of carboxylic acid groups (broad SMARTS) is 1. The molecule has 0 saturated carbocycles. The average Bonchev–Trinajstić information content (AvgIpc) is 2.16. The molecule has 74 valence electrons. The van der Waals surface area contributed by atoms with E-state index < -0.39 is 5.97 Å². The molecular formula is C10H9ClO2S. The fourth-order valence-electron chi connectivity index (χ4n) is 1.05. The van der Waals surface area contributed by atoms with Crippen LogP contribution in [0.15, 0.2) is 29.2 Å². The second-order valence-corrected chi connectivity index (χ2v) is 3.61. The number of hydrogen-bond acceptors (Lipinski definition) is 2. The van der Waals surface area contributed by atoms with Gasteiger partial charge in [0.15, 0.2) is 0 Å². The number of halogens is 1. The summed E-state index contributed by atoms with van der Waals surface area (Å²) in [5.41, 5.74) is 1.26. The van der Waals surface area contributed by atoms with Crippen LogP contribution >= 0.6 is 24.2 Å². The third-order valence-electron chi connectivity index (χ3n) is 1.84. The van der Waals surface area contributed by atoms with Crippen LogP contribution in [0, 0.1) is 0 Å². The number of benzene rings is 1. The summed E-state index contributed by atoms with van der Waals surface area (Å²) in [5, 5.41) is 9.25. The monoisotopic (exact) mass is 228 g/mol. The molecule has 0 spiro atoms. The summed E-state index contributed by atoms with van der Waals surface area (Å²) in [5.74, 6) is -1.05. The molecule has 0 aliphatic carbocycles. The van der Waals surface area contributed by atoms with E-state index in [-0.39, 0.29) is 4.91 Å². The summed E-state index contributed by atoms with van der Waals surface area (Å²) in [6.45, 7) is 1.68. The molecule has 0 unspecified atom stereocenters. The van der Waals surface area contributed by atoms with Crippen LogP contribution in [-0.4, -0.2) is 11.1 Å². The van der Waals surface area contributed by atoms with E-state index in [9.17, 15) is 4.79 Å². The summed E-state index contributed by atoms with van der Waals surface area (Å²) in [4.78, 5) is 10.7. The van der Waals surface area contributed by atoms with Crippen LogP contribution in [0.5, 0.6) is 0 Å². The Kier molecular flexibility index (Phi) is 3.61. The molecule has 0 atom stereocenters. The Morgan fingerprint density at radius 3 is 2.50 bits per heavy atom. The Labute approximate surface area is 92.6 Å². The fourth-order valence-corrected chi connectivity index (χ4v) is 1.45. The van der Waals surface area contributed by atoms with E-state index in [2.05, 4.69) is 12.6 Å². The molecule has 1 N–H and O–H groups in total. The number of thiol groups is 1. The highest BCUT2D eigenvalue weighted by atomic mass is 35.5. The molecule has 0 bridgehead atoms. The summed E-state index contributed by atoms with van der Waals surface area (Å²) in [6, 6.07) is 7.06. The normalized spacial score (nSPS) is 12.2. The molecular weight excluding hydrogens is 220 g/mol. The minimum atomic E-state index is -1.05. The Morgan fingerprint density at radius 2 is 2.00 bits per heavy atom. The third kappa shape index (κ3) is 2.30. The fraction of sp³-hybridized carbons (Fsp3) is 0.100. The number of rotatable bonds is 2. The number of hydrogen-bond donors (Lipinski definition) is 2. The zero-order valence-electron chi connectivity index (χ0n) is 7.49. The molecule has 0 amide bonds. The van der Waals surface area contributed by atoms with Gasteiger partial charge in [-0.3, -0.25) is 0 Å². The number of aliphatic carboxylic acids is 1. The van der Waals surface area contributed by atoms with Crippen molar-refractivity contribution < 1.29 is 9.90 Å². The van der Waals surface area contributed by atoms with Crippen molar-refractivity contribution in [3.63, 3.8) is 0 Å². The summed E-state index contributed by atoms with van der Waals surface area (Å²) >= 11 is 9.81. The smallest absolute Gasteiger partial charge is 0.342 e. The minimum Gasteiger partial charge on any atom is -0.477 e. The lowest BCUT2D eigenvalue weighted by Crippen LogP contribution is -1.97. The molecule has 0 radical (unpaired) electrons. The Hall–Kier alpha value is -0.930. The van der Waals surface area contributed by atoms with Crippen LogP contribution in [0.3, 0.4) is 0 Å². The molecule has 0 aliphatic rings. The lowest BCUT2D eigenvalue weighted by atomic mass is 10.1. The summed E-state index contributed by atoms with van der Waals surface area (Å²) in [7, 11) is 0. The van der Waals surface area contributed by atoms with Gasteiger partial charge in [0.2, 0.25) is 0 Å². The number of carboxylic acids is 1. The highest BCUT2D eigenvalue weighted by Gasteiger charge is 2.10. The quantitative estimate of drug-likeness (QED) is 0.603. The van der Waals surface area contributed by atoms with Crippen LogP contribution in [0.1, 0.15) is 12.5 Å². The first kappa shape index (κ1) is 11.1. The van der Waals surface area contributed by atoms with Gasteiger partial charge >= 0.3 is 5.97 Å². The summed E-state index contributed by atoms with van der Waals surface area (Å²) in [6.07, 6.45) is 0. The second-order valence-electron chi connectivity index (χ2n) is 2.76. The lowest BCUT2D eigenvalue weighted by Gasteiger charge is -2.05. The van der Waals surface area contributed by atoms with E-state index in [1.807, 2.05) is 0 Å². The molecule has 0 aromatic heterocycles. The highest BCUT2D eigenvalue weighted by Crippen LogP contribution is 2.26. The van der Waals surface area contributed by atoms with E-state index in [1.165, 1.54) is 0 Å². The predicted molar refractivity (Wildman–Crippen MR) is 60.7 cm³/mol. The van der Waals surface area contributed by atoms with E-state index in [1.54, 1.807) is 31.2 Å². The number of allylic oxidation sites excluding steroid dienone is 1. The molecule has 0 saturated heterocycles. The summed E-state index contributed by atoms with van der Waals surface area (Å²) < 4.78 is 0. The Bertz CT molecular complexity index is 399. The van der Waals surface area contributed by atoms with Crippen molar-refractivity contribution in [3.05, 3.63) is 39.8 Å². The lowest BCUT2D eigenvalue weighted by molar-refractivity contribution is -0.131. The van der Waals surface area contributed by atoms with Crippen molar-refractivity contribution in [1.82, 2.24) is 0 Å². The zero-order chi connectivity index (χ0) is 10.7. The highest BCUT2D eigenvalue weighted by molar-refractivity contribution is 7.85. The van der Waals surface area contributed by atoms with Gasteiger partial charge in [-0.2, -0.15) is 0 Å². The van der Waals surface area contributed by atoms with E-state index >= 15 is 0 Å². The van der Waals surface area contributed by atoms with Gasteiger partial charge in [0.1, 0.15) is 0 Å². The molecule has 2 nitrogen and oxygen atoms in total. The van der Waals surface area contributed by atoms with Gasteiger partial charge < -0.3 is 5.11 Å². The first-order chi connectivity index (χ1) is 6.54. The maximum atomic E-state index is 10.6. The second kappa shape index (κ2) is 4.53. The Balaban J connectivity index is 3.25. The van der Waals surface area contributed by atoms with Crippen LogP contribution in [0.2, 0.25) is 5.02 Å². The van der Waals surface area contributed by atoms with Crippen molar-refractivity contribution in [1.29, 1.82) is 0 Å². The van der Waals surface area contributed by atoms with Gasteiger partial charge in [0.05, 0.1) is 4.91 Å². The largest absolute Gasteiger partial charge is 0.477 e.